The molecule has 5 heteroatoms. The fraction of sp³-hybridized carbons (Fsp3) is 0.400. The molecule has 1 heterocycles. The molecular formula is C10H10N4O. The second-order valence-electron chi connectivity index (χ2n) is 4.12. The predicted molar refractivity (Wildman–Crippen MR) is 53.0 cm³/mol. The summed E-state index contributed by atoms with van der Waals surface area (Å²) in [7, 11) is 0. The van der Waals surface area contributed by atoms with Gasteiger partial charge in [0.05, 0.1) is 11.3 Å². The summed E-state index contributed by atoms with van der Waals surface area (Å²) in [5, 5.41) is 23.7. The van der Waals surface area contributed by atoms with Crippen LogP contribution in [-0.2, 0) is 5.41 Å². The summed E-state index contributed by atoms with van der Waals surface area (Å²) in [4.78, 5) is 11.2. The molecule has 0 aliphatic heterocycles. The lowest BCUT2D eigenvalue weighted by Crippen LogP contribution is -2.24. The number of hydrogen-bond acceptors (Lipinski definition) is 4. The molecule has 0 bridgehead atoms. The van der Waals surface area contributed by atoms with Crippen LogP contribution in [0.3, 0.4) is 0 Å². The van der Waals surface area contributed by atoms with E-state index >= 15 is 0 Å². The van der Waals surface area contributed by atoms with E-state index in [1.54, 1.807) is 6.07 Å². The number of hydrogen-bond donors (Lipinski definition) is 1. The van der Waals surface area contributed by atoms with Gasteiger partial charge in [0.15, 0.2) is 0 Å². The topological polar surface area (TPSA) is 93.3 Å². The molecule has 0 spiro atoms. The Morgan fingerprint density at radius 3 is 2.13 bits per heavy atom. The van der Waals surface area contributed by atoms with Gasteiger partial charge in [-0.2, -0.15) is 15.6 Å². The van der Waals surface area contributed by atoms with Gasteiger partial charge in [-0.1, -0.05) is 20.8 Å². The van der Waals surface area contributed by atoms with Crippen molar-refractivity contribution in [3.63, 3.8) is 0 Å². The number of rotatable bonds is 0. The van der Waals surface area contributed by atoms with Crippen molar-refractivity contribution in [2.75, 3.05) is 0 Å². The highest BCUT2D eigenvalue weighted by molar-refractivity contribution is 5.47. The number of nitrogens with zero attached hydrogens (tertiary/aromatic N) is 3. The minimum absolute atomic E-state index is 0.0637. The van der Waals surface area contributed by atoms with Crippen LogP contribution in [-0.4, -0.2) is 10.2 Å². The molecule has 0 aromatic carbocycles. The molecule has 5 nitrogen and oxygen atoms in total. The first kappa shape index (κ1) is 10.9. The number of nitriles is 2. The van der Waals surface area contributed by atoms with Crippen molar-refractivity contribution in [2.45, 2.75) is 26.2 Å². The molecule has 0 saturated carbocycles. The normalized spacial score (nSPS) is 10.5. The Kier molecular flexibility index (Phi) is 2.59. The van der Waals surface area contributed by atoms with Crippen LogP contribution in [0.15, 0.2) is 4.79 Å². The van der Waals surface area contributed by atoms with Crippen molar-refractivity contribution >= 4 is 0 Å². The van der Waals surface area contributed by atoms with E-state index in [-0.39, 0.29) is 16.5 Å². The first-order valence-electron chi connectivity index (χ1n) is 4.35. The van der Waals surface area contributed by atoms with Gasteiger partial charge in [0.2, 0.25) is 0 Å². The fourth-order valence-electron chi connectivity index (χ4n) is 1.21. The lowest BCUT2D eigenvalue weighted by atomic mass is 9.88. The standard InChI is InChI=1S/C10H10N4O/c1-10(2,3)8-6(4-11)7(5-12)9(15)14-13-8/h1-3H3,(H,14,15). The summed E-state index contributed by atoms with van der Waals surface area (Å²) in [5.74, 6) is 0. The van der Waals surface area contributed by atoms with E-state index in [1.165, 1.54) is 0 Å². The molecule has 1 rings (SSSR count). The monoisotopic (exact) mass is 202 g/mol. The quantitative estimate of drug-likeness (QED) is 0.673. The van der Waals surface area contributed by atoms with Gasteiger partial charge in [-0.25, -0.2) is 5.10 Å². The van der Waals surface area contributed by atoms with Crippen molar-refractivity contribution in [3.8, 4) is 12.1 Å². The molecule has 15 heavy (non-hydrogen) atoms. The van der Waals surface area contributed by atoms with Crippen molar-refractivity contribution in [2.24, 2.45) is 0 Å². The highest BCUT2D eigenvalue weighted by Gasteiger charge is 2.24. The van der Waals surface area contributed by atoms with Gasteiger partial charge < -0.3 is 0 Å². The van der Waals surface area contributed by atoms with Gasteiger partial charge in [0.1, 0.15) is 17.7 Å². The van der Waals surface area contributed by atoms with E-state index < -0.39 is 5.56 Å². The highest BCUT2D eigenvalue weighted by atomic mass is 16.1. The smallest absolute Gasteiger partial charge is 0.266 e. The third kappa shape index (κ3) is 1.87. The molecule has 0 saturated heterocycles. The minimum atomic E-state index is -0.623. The number of nitrogens with one attached hydrogen (secondary N) is 1. The maximum absolute atomic E-state index is 11.2. The van der Waals surface area contributed by atoms with Gasteiger partial charge in [0, 0.05) is 5.41 Å². The molecule has 0 unspecified atom stereocenters. The summed E-state index contributed by atoms with van der Waals surface area (Å²) >= 11 is 0. The van der Waals surface area contributed by atoms with Gasteiger partial charge in [-0.3, -0.25) is 4.79 Å². The molecule has 0 aliphatic rings. The van der Waals surface area contributed by atoms with Crippen molar-refractivity contribution in [3.05, 3.63) is 27.2 Å². The molecule has 1 aromatic rings. The molecule has 0 radical (unpaired) electrons. The van der Waals surface area contributed by atoms with E-state index in [9.17, 15) is 4.79 Å². The second-order valence-corrected chi connectivity index (χ2v) is 4.12. The summed E-state index contributed by atoms with van der Waals surface area (Å²) in [6.07, 6.45) is 0. The Morgan fingerprint density at radius 2 is 1.73 bits per heavy atom. The zero-order valence-corrected chi connectivity index (χ0v) is 8.75. The first-order valence-corrected chi connectivity index (χ1v) is 4.35. The van der Waals surface area contributed by atoms with E-state index in [0.717, 1.165) is 0 Å². The van der Waals surface area contributed by atoms with Crippen LogP contribution in [0.25, 0.3) is 0 Å². The molecule has 0 fully saturated rings. The van der Waals surface area contributed by atoms with E-state index in [0.29, 0.717) is 5.69 Å². The molecule has 1 N–H and O–H groups in total. The Hall–Kier alpha value is -2.14. The van der Waals surface area contributed by atoms with E-state index in [2.05, 4.69) is 10.2 Å². The lowest BCUT2D eigenvalue weighted by molar-refractivity contribution is 0.554. The number of H-pyrrole nitrogens is 1. The second kappa shape index (κ2) is 3.55. The largest absolute Gasteiger partial charge is 0.283 e. The lowest BCUT2D eigenvalue weighted by Gasteiger charge is -2.18. The molecule has 0 amide bonds. The van der Waals surface area contributed by atoms with E-state index in [1.807, 2.05) is 26.8 Å². The molecule has 0 atom stereocenters. The summed E-state index contributed by atoms with van der Waals surface area (Å²) in [6, 6.07) is 3.58. The van der Waals surface area contributed by atoms with Gasteiger partial charge >= 0.3 is 0 Å². The Labute approximate surface area is 87.0 Å². The van der Waals surface area contributed by atoms with Gasteiger partial charge in [-0.05, 0) is 0 Å². The van der Waals surface area contributed by atoms with Crippen molar-refractivity contribution in [1.29, 1.82) is 10.5 Å². The van der Waals surface area contributed by atoms with Crippen LogP contribution in [0.5, 0.6) is 0 Å². The van der Waals surface area contributed by atoms with Crippen LogP contribution in [0, 0.1) is 22.7 Å². The molecule has 0 aliphatic carbocycles. The molecule has 1 aromatic heterocycles. The van der Waals surface area contributed by atoms with Gasteiger partial charge in [-0.15, -0.1) is 0 Å². The Morgan fingerprint density at radius 1 is 1.20 bits per heavy atom. The first-order chi connectivity index (χ1) is 6.91. The summed E-state index contributed by atoms with van der Waals surface area (Å²) in [5.41, 5.74) is -0.685. The number of aromatic amines is 1. The average molecular weight is 202 g/mol. The van der Waals surface area contributed by atoms with Crippen LogP contribution < -0.4 is 5.56 Å². The van der Waals surface area contributed by atoms with Crippen LogP contribution >= 0.6 is 0 Å². The Bertz CT molecular complexity index is 522. The molecule has 76 valence electrons. The van der Waals surface area contributed by atoms with E-state index in [4.69, 9.17) is 10.5 Å². The molecular weight excluding hydrogens is 192 g/mol. The third-order valence-electron chi connectivity index (χ3n) is 1.92. The fourth-order valence-corrected chi connectivity index (χ4v) is 1.21. The average Bonchev–Trinajstić information content (AvgIpc) is 2.15. The zero-order chi connectivity index (χ0) is 11.6. The highest BCUT2D eigenvalue weighted by Crippen LogP contribution is 2.23. The summed E-state index contributed by atoms with van der Waals surface area (Å²) < 4.78 is 0. The van der Waals surface area contributed by atoms with Crippen LogP contribution in [0.4, 0.5) is 0 Å². The predicted octanol–water partition coefficient (Wildman–Crippen LogP) is 0.811. The van der Waals surface area contributed by atoms with Crippen LogP contribution in [0.2, 0.25) is 0 Å². The Balaban J connectivity index is 3.69. The zero-order valence-electron chi connectivity index (χ0n) is 8.75. The maximum atomic E-state index is 11.2. The van der Waals surface area contributed by atoms with Crippen molar-refractivity contribution in [1.82, 2.24) is 10.2 Å². The maximum Gasteiger partial charge on any atom is 0.283 e. The number of aromatic nitrogens is 2. The van der Waals surface area contributed by atoms with Gasteiger partial charge in [0.25, 0.3) is 5.56 Å². The third-order valence-corrected chi connectivity index (χ3v) is 1.92. The van der Waals surface area contributed by atoms with Crippen LogP contribution in [0.1, 0.15) is 37.6 Å². The SMILES string of the molecule is CC(C)(C)c1n[nH]c(=O)c(C#N)c1C#N. The van der Waals surface area contributed by atoms with Crippen molar-refractivity contribution < 1.29 is 0 Å². The minimum Gasteiger partial charge on any atom is -0.266 e. The summed E-state index contributed by atoms with van der Waals surface area (Å²) in [6.45, 7) is 5.57.